The molecule has 2 aromatic rings. The molecule has 2 unspecified atom stereocenters. The highest BCUT2D eigenvalue weighted by atomic mass is 16.1. The Balaban J connectivity index is 1.37. The Labute approximate surface area is 156 Å². The molecule has 1 fully saturated rings. The molecule has 0 aromatic heterocycles. The Bertz CT molecular complexity index is 737. The Morgan fingerprint density at radius 3 is 2.58 bits per heavy atom. The summed E-state index contributed by atoms with van der Waals surface area (Å²) in [4.78, 5) is 15.1. The van der Waals surface area contributed by atoms with Crippen molar-refractivity contribution in [2.75, 3.05) is 19.6 Å². The van der Waals surface area contributed by atoms with Gasteiger partial charge in [-0.3, -0.25) is 9.69 Å². The Morgan fingerprint density at radius 2 is 1.77 bits per heavy atom. The number of fused-ring (bicyclic) bond motifs is 1. The van der Waals surface area contributed by atoms with Crippen LogP contribution in [-0.4, -0.2) is 30.4 Å². The Kier molecular flexibility index (Phi) is 5.35. The molecular formula is C23H28N2O. The lowest BCUT2D eigenvalue weighted by molar-refractivity contribution is -0.121. The van der Waals surface area contributed by atoms with Crippen LogP contribution in [0.1, 0.15) is 54.3 Å². The van der Waals surface area contributed by atoms with E-state index in [1.807, 2.05) is 0 Å². The van der Waals surface area contributed by atoms with E-state index in [9.17, 15) is 4.79 Å². The van der Waals surface area contributed by atoms with Crippen LogP contribution in [0, 0.1) is 0 Å². The zero-order valence-corrected chi connectivity index (χ0v) is 15.4. The van der Waals surface area contributed by atoms with E-state index in [2.05, 4.69) is 64.8 Å². The second kappa shape index (κ2) is 8.05. The maximum absolute atomic E-state index is 12.6. The van der Waals surface area contributed by atoms with Crippen molar-refractivity contribution in [3.8, 4) is 0 Å². The van der Waals surface area contributed by atoms with Gasteiger partial charge in [0.1, 0.15) is 0 Å². The van der Waals surface area contributed by atoms with Crippen LogP contribution in [0.4, 0.5) is 0 Å². The number of nitrogens with one attached hydrogen (secondary N) is 1. The number of benzene rings is 2. The van der Waals surface area contributed by atoms with Gasteiger partial charge >= 0.3 is 0 Å². The number of hydrogen-bond donors (Lipinski definition) is 1. The Morgan fingerprint density at radius 1 is 1.04 bits per heavy atom. The van der Waals surface area contributed by atoms with Gasteiger partial charge < -0.3 is 5.32 Å². The first-order valence-corrected chi connectivity index (χ1v) is 9.95. The molecular weight excluding hydrogens is 320 g/mol. The molecule has 0 bridgehead atoms. The number of nitrogens with zero attached hydrogens (tertiary/aromatic N) is 1. The van der Waals surface area contributed by atoms with Crippen LogP contribution < -0.4 is 5.32 Å². The fraction of sp³-hybridized carbons (Fsp3) is 0.435. The van der Waals surface area contributed by atoms with Crippen LogP contribution in [0.5, 0.6) is 0 Å². The predicted molar refractivity (Wildman–Crippen MR) is 105 cm³/mol. The van der Waals surface area contributed by atoms with E-state index in [-0.39, 0.29) is 5.91 Å². The number of carbonyl (C=O) groups excluding carboxylic acids is 1. The first-order valence-electron chi connectivity index (χ1n) is 9.95. The summed E-state index contributed by atoms with van der Waals surface area (Å²) in [6, 6.07) is 19.5. The van der Waals surface area contributed by atoms with Gasteiger partial charge in [-0.05, 0) is 61.4 Å². The maximum atomic E-state index is 12.6. The highest BCUT2D eigenvalue weighted by molar-refractivity contribution is 5.77. The van der Waals surface area contributed by atoms with Crippen LogP contribution in [-0.2, 0) is 11.2 Å². The third-order valence-electron chi connectivity index (χ3n) is 5.95. The van der Waals surface area contributed by atoms with Crippen molar-refractivity contribution < 1.29 is 4.79 Å². The monoisotopic (exact) mass is 348 g/mol. The zero-order valence-electron chi connectivity index (χ0n) is 15.4. The van der Waals surface area contributed by atoms with Crippen molar-refractivity contribution in [1.29, 1.82) is 0 Å². The second-order valence-electron chi connectivity index (χ2n) is 7.61. The van der Waals surface area contributed by atoms with Gasteiger partial charge in [-0.2, -0.15) is 0 Å². The molecule has 3 nitrogen and oxygen atoms in total. The van der Waals surface area contributed by atoms with Crippen LogP contribution in [0.25, 0.3) is 0 Å². The van der Waals surface area contributed by atoms with Gasteiger partial charge in [-0.25, -0.2) is 0 Å². The third-order valence-corrected chi connectivity index (χ3v) is 5.95. The van der Waals surface area contributed by atoms with E-state index in [0.717, 1.165) is 25.9 Å². The quantitative estimate of drug-likeness (QED) is 0.854. The SMILES string of the molecule is O=C(CC1CCc2ccccc21)NCC(c1ccccc1)N1CCCC1. The van der Waals surface area contributed by atoms with E-state index < -0.39 is 0 Å². The van der Waals surface area contributed by atoms with Crippen LogP contribution in [0.3, 0.4) is 0 Å². The fourth-order valence-corrected chi connectivity index (χ4v) is 4.55. The lowest BCUT2D eigenvalue weighted by Gasteiger charge is -2.28. The minimum absolute atomic E-state index is 0.187. The van der Waals surface area contributed by atoms with Gasteiger partial charge in [0, 0.05) is 13.0 Å². The number of likely N-dealkylation sites (tertiary alicyclic amines) is 1. The molecule has 2 aromatic carbocycles. The molecule has 1 N–H and O–H groups in total. The average molecular weight is 348 g/mol. The topological polar surface area (TPSA) is 32.3 Å². The highest BCUT2D eigenvalue weighted by Gasteiger charge is 2.26. The average Bonchev–Trinajstić information content (AvgIpc) is 3.34. The molecule has 26 heavy (non-hydrogen) atoms. The van der Waals surface area contributed by atoms with Gasteiger partial charge in [0.15, 0.2) is 0 Å². The molecule has 1 aliphatic carbocycles. The molecule has 2 atom stereocenters. The van der Waals surface area contributed by atoms with Gasteiger partial charge in [0.05, 0.1) is 6.04 Å². The molecule has 2 aliphatic rings. The number of hydrogen-bond acceptors (Lipinski definition) is 2. The summed E-state index contributed by atoms with van der Waals surface area (Å²) in [5, 5.41) is 3.24. The molecule has 1 heterocycles. The number of amides is 1. The first kappa shape index (κ1) is 17.3. The largest absolute Gasteiger partial charge is 0.354 e. The summed E-state index contributed by atoms with van der Waals surface area (Å²) >= 11 is 0. The lowest BCUT2D eigenvalue weighted by Crippen LogP contribution is -2.37. The van der Waals surface area contributed by atoms with Crippen molar-refractivity contribution in [3.05, 3.63) is 71.3 Å². The van der Waals surface area contributed by atoms with E-state index in [1.165, 1.54) is 29.5 Å². The molecule has 0 spiro atoms. The van der Waals surface area contributed by atoms with Gasteiger partial charge in [0.25, 0.3) is 0 Å². The van der Waals surface area contributed by atoms with Crippen molar-refractivity contribution in [1.82, 2.24) is 10.2 Å². The maximum Gasteiger partial charge on any atom is 0.220 e. The summed E-state index contributed by atoms with van der Waals surface area (Å²) < 4.78 is 0. The number of aryl methyl sites for hydroxylation is 1. The van der Waals surface area contributed by atoms with E-state index in [0.29, 0.717) is 24.9 Å². The standard InChI is InChI=1S/C23H28N2O/c26-23(16-20-13-12-18-8-4-5-11-21(18)20)24-17-22(25-14-6-7-15-25)19-9-2-1-3-10-19/h1-5,8-11,20,22H,6-7,12-17H2,(H,24,26). The smallest absolute Gasteiger partial charge is 0.220 e. The van der Waals surface area contributed by atoms with Gasteiger partial charge in [-0.15, -0.1) is 0 Å². The molecule has 1 aliphatic heterocycles. The zero-order chi connectivity index (χ0) is 17.8. The first-order chi connectivity index (χ1) is 12.8. The molecule has 0 radical (unpaired) electrons. The molecule has 1 amide bonds. The summed E-state index contributed by atoms with van der Waals surface area (Å²) in [6.45, 7) is 2.97. The van der Waals surface area contributed by atoms with Crippen molar-refractivity contribution in [2.45, 2.75) is 44.1 Å². The Hall–Kier alpha value is -2.13. The minimum Gasteiger partial charge on any atom is -0.354 e. The molecule has 4 rings (SSSR count). The highest BCUT2D eigenvalue weighted by Crippen LogP contribution is 2.35. The third kappa shape index (κ3) is 3.83. The minimum atomic E-state index is 0.187. The summed E-state index contributed by atoms with van der Waals surface area (Å²) in [6.07, 6.45) is 5.33. The second-order valence-corrected chi connectivity index (χ2v) is 7.61. The molecule has 0 saturated carbocycles. The lowest BCUT2D eigenvalue weighted by atomic mass is 9.97. The predicted octanol–water partition coefficient (Wildman–Crippen LogP) is 4.06. The van der Waals surface area contributed by atoms with Crippen LogP contribution in [0.2, 0.25) is 0 Å². The summed E-state index contributed by atoms with van der Waals surface area (Å²) in [5.41, 5.74) is 4.10. The van der Waals surface area contributed by atoms with E-state index in [4.69, 9.17) is 0 Å². The normalized spacial score (nSPS) is 20.7. The fourth-order valence-electron chi connectivity index (χ4n) is 4.55. The van der Waals surface area contributed by atoms with E-state index >= 15 is 0 Å². The van der Waals surface area contributed by atoms with Crippen molar-refractivity contribution >= 4 is 5.91 Å². The summed E-state index contributed by atoms with van der Waals surface area (Å²) in [5.74, 6) is 0.569. The van der Waals surface area contributed by atoms with Crippen LogP contribution in [0.15, 0.2) is 54.6 Å². The van der Waals surface area contributed by atoms with Gasteiger partial charge in [-0.1, -0.05) is 54.6 Å². The van der Waals surface area contributed by atoms with Gasteiger partial charge in [0.2, 0.25) is 5.91 Å². The number of carbonyl (C=O) groups is 1. The number of rotatable bonds is 6. The van der Waals surface area contributed by atoms with Crippen LogP contribution >= 0.6 is 0 Å². The summed E-state index contributed by atoms with van der Waals surface area (Å²) in [7, 11) is 0. The molecule has 3 heteroatoms. The van der Waals surface area contributed by atoms with Crippen molar-refractivity contribution in [2.24, 2.45) is 0 Å². The van der Waals surface area contributed by atoms with E-state index in [1.54, 1.807) is 0 Å². The molecule has 136 valence electrons. The van der Waals surface area contributed by atoms with Crippen molar-refractivity contribution in [3.63, 3.8) is 0 Å². The molecule has 1 saturated heterocycles.